The van der Waals surface area contributed by atoms with Crippen LogP contribution in [0.15, 0.2) is 30.4 Å². The lowest BCUT2D eigenvalue weighted by Crippen LogP contribution is -2.47. The number of rotatable bonds is 4. The molecule has 5 atom stereocenters. The Morgan fingerprint density at radius 1 is 1.29 bits per heavy atom. The molecule has 4 rings (SSSR count). The second-order valence-electron chi connectivity index (χ2n) is 9.93. The molecular formula is C24H30N2O5. The maximum Gasteiger partial charge on any atom is 0.313 e. The number of anilines is 1. The van der Waals surface area contributed by atoms with Crippen LogP contribution in [0, 0.1) is 25.7 Å². The SMILES string of the molecule is Cc1ccc(N2C[C@@]34C=C[C@@H](O3)[C@H](C(=O)O[C@H](C)C(=O)NC(C)(C)C)[C@H]4C2=O)c(C)c1. The first-order valence-corrected chi connectivity index (χ1v) is 10.7. The Balaban J connectivity index is 1.55. The lowest BCUT2D eigenvalue weighted by Gasteiger charge is -2.26. The number of benzene rings is 1. The van der Waals surface area contributed by atoms with E-state index in [9.17, 15) is 14.4 Å². The Kier molecular flexibility index (Phi) is 5.00. The molecule has 0 unspecified atom stereocenters. The van der Waals surface area contributed by atoms with Gasteiger partial charge in [0.1, 0.15) is 11.5 Å². The van der Waals surface area contributed by atoms with Crippen LogP contribution in [0.2, 0.25) is 0 Å². The third-order valence-corrected chi connectivity index (χ3v) is 6.18. The van der Waals surface area contributed by atoms with E-state index < -0.39 is 41.2 Å². The zero-order valence-corrected chi connectivity index (χ0v) is 18.9. The van der Waals surface area contributed by atoms with Crippen molar-refractivity contribution in [1.82, 2.24) is 5.32 Å². The number of amides is 2. The number of hydrogen-bond donors (Lipinski definition) is 1. The standard InChI is InChI=1S/C24H30N2O5/c1-13-7-8-16(14(2)11-13)26-12-24-10-9-17(31-24)18(19(24)21(26)28)22(29)30-15(3)20(27)25-23(4,5)6/h7-11,15,17-19H,12H2,1-6H3,(H,25,27)/t15-,17-,18+,19+,24-/m1/s1. The van der Waals surface area contributed by atoms with Gasteiger partial charge in [-0.25, -0.2) is 0 Å². The van der Waals surface area contributed by atoms with E-state index in [1.54, 1.807) is 4.90 Å². The molecule has 1 N–H and O–H groups in total. The molecule has 2 amide bonds. The summed E-state index contributed by atoms with van der Waals surface area (Å²) in [7, 11) is 0. The maximum atomic E-state index is 13.5. The summed E-state index contributed by atoms with van der Waals surface area (Å²) in [4.78, 5) is 40.6. The molecule has 1 aromatic carbocycles. The first kappa shape index (κ1) is 21.6. The number of fused-ring (bicyclic) bond motifs is 1. The number of ether oxygens (including phenoxy) is 2. The van der Waals surface area contributed by atoms with E-state index in [1.165, 1.54) is 6.92 Å². The van der Waals surface area contributed by atoms with Gasteiger partial charge in [0.25, 0.3) is 5.91 Å². The summed E-state index contributed by atoms with van der Waals surface area (Å²) >= 11 is 0. The minimum Gasteiger partial charge on any atom is -0.452 e. The Hall–Kier alpha value is -2.67. The van der Waals surface area contributed by atoms with Crippen molar-refractivity contribution < 1.29 is 23.9 Å². The molecule has 0 aromatic heterocycles. The minimum absolute atomic E-state index is 0.146. The van der Waals surface area contributed by atoms with Crippen LogP contribution in [0.1, 0.15) is 38.8 Å². The topological polar surface area (TPSA) is 84.9 Å². The van der Waals surface area contributed by atoms with E-state index in [0.29, 0.717) is 6.54 Å². The molecule has 0 aliphatic carbocycles. The fourth-order valence-electron chi connectivity index (χ4n) is 4.86. The summed E-state index contributed by atoms with van der Waals surface area (Å²) in [5.41, 5.74) is 1.67. The zero-order valence-electron chi connectivity index (χ0n) is 18.9. The molecule has 0 radical (unpaired) electrons. The number of nitrogens with one attached hydrogen (secondary N) is 1. The third-order valence-electron chi connectivity index (χ3n) is 6.18. The van der Waals surface area contributed by atoms with E-state index in [0.717, 1.165) is 16.8 Å². The summed E-state index contributed by atoms with van der Waals surface area (Å²) in [6, 6.07) is 5.93. The number of nitrogens with zero attached hydrogens (tertiary/aromatic N) is 1. The van der Waals surface area contributed by atoms with Crippen molar-refractivity contribution in [2.45, 2.75) is 64.9 Å². The van der Waals surface area contributed by atoms with Crippen LogP contribution < -0.4 is 10.2 Å². The highest BCUT2D eigenvalue weighted by Gasteiger charge is 2.67. The largest absolute Gasteiger partial charge is 0.452 e. The normalized spacial score (nSPS) is 29.8. The Morgan fingerprint density at radius 3 is 2.65 bits per heavy atom. The van der Waals surface area contributed by atoms with Crippen LogP contribution in [0.3, 0.4) is 0 Å². The van der Waals surface area contributed by atoms with Crippen LogP contribution in [0.5, 0.6) is 0 Å². The van der Waals surface area contributed by atoms with Crippen molar-refractivity contribution in [3.63, 3.8) is 0 Å². The molecule has 2 fully saturated rings. The summed E-state index contributed by atoms with van der Waals surface area (Å²) in [6.07, 6.45) is 2.27. The molecule has 7 nitrogen and oxygen atoms in total. The highest BCUT2D eigenvalue weighted by Crippen LogP contribution is 2.53. The number of hydrogen-bond acceptors (Lipinski definition) is 5. The molecule has 3 aliphatic heterocycles. The van der Waals surface area contributed by atoms with Crippen molar-refractivity contribution >= 4 is 23.5 Å². The van der Waals surface area contributed by atoms with Gasteiger partial charge in [-0.2, -0.15) is 0 Å². The van der Waals surface area contributed by atoms with Gasteiger partial charge in [0.15, 0.2) is 6.10 Å². The molecule has 2 saturated heterocycles. The van der Waals surface area contributed by atoms with Gasteiger partial charge in [-0.3, -0.25) is 14.4 Å². The average molecular weight is 427 g/mol. The lowest BCUT2D eigenvalue weighted by molar-refractivity contribution is -0.161. The van der Waals surface area contributed by atoms with Gasteiger partial charge in [-0.15, -0.1) is 0 Å². The fraction of sp³-hybridized carbons (Fsp3) is 0.542. The highest BCUT2D eigenvalue weighted by molar-refractivity contribution is 6.03. The molecule has 3 aliphatic rings. The van der Waals surface area contributed by atoms with E-state index in [-0.39, 0.29) is 11.8 Å². The predicted molar refractivity (Wildman–Crippen MR) is 115 cm³/mol. The molecule has 3 heterocycles. The molecule has 2 bridgehead atoms. The minimum atomic E-state index is -0.960. The maximum absolute atomic E-state index is 13.5. The van der Waals surface area contributed by atoms with Crippen LogP contribution in [0.4, 0.5) is 5.69 Å². The molecule has 31 heavy (non-hydrogen) atoms. The van der Waals surface area contributed by atoms with Gasteiger partial charge < -0.3 is 19.7 Å². The van der Waals surface area contributed by atoms with Crippen LogP contribution >= 0.6 is 0 Å². The first-order chi connectivity index (χ1) is 14.4. The fourth-order valence-corrected chi connectivity index (χ4v) is 4.86. The molecule has 7 heteroatoms. The first-order valence-electron chi connectivity index (χ1n) is 10.7. The smallest absolute Gasteiger partial charge is 0.313 e. The van der Waals surface area contributed by atoms with Gasteiger partial charge in [0.2, 0.25) is 5.91 Å². The second kappa shape index (κ2) is 7.19. The number of esters is 1. The molecule has 1 spiro atoms. The summed E-state index contributed by atoms with van der Waals surface area (Å²) in [5, 5.41) is 2.81. The summed E-state index contributed by atoms with van der Waals surface area (Å²) in [5.74, 6) is -2.52. The van der Waals surface area contributed by atoms with Crippen LogP contribution in [-0.2, 0) is 23.9 Å². The predicted octanol–water partition coefficient (Wildman–Crippen LogP) is 2.44. The van der Waals surface area contributed by atoms with E-state index >= 15 is 0 Å². The molecule has 1 aromatic rings. The van der Waals surface area contributed by atoms with Crippen molar-refractivity contribution in [3.05, 3.63) is 41.5 Å². The van der Waals surface area contributed by atoms with Crippen LogP contribution in [0.25, 0.3) is 0 Å². The van der Waals surface area contributed by atoms with Gasteiger partial charge in [-0.05, 0) is 53.2 Å². The second-order valence-corrected chi connectivity index (χ2v) is 9.93. The monoisotopic (exact) mass is 426 g/mol. The van der Waals surface area contributed by atoms with E-state index in [2.05, 4.69) is 5.32 Å². The van der Waals surface area contributed by atoms with Gasteiger partial charge in [-0.1, -0.05) is 29.8 Å². The van der Waals surface area contributed by atoms with Crippen molar-refractivity contribution in [2.24, 2.45) is 11.8 Å². The van der Waals surface area contributed by atoms with Crippen molar-refractivity contribution in [3.8, 4) is 0 Å². The number of carbonyl (C=O) groups excluding carboxylic acids is 3. The van der Waals surface area contributed by atoms with Crippen LogP contribution in [-0.4, -0.2) is 47.7 Å². The average Bonchev–Trinajstić information content (AvgIpc) is 3.28. The lowest BCUT2D eigenvalue weighted by atomic mass is 9.77. The van der Waals surface area contributed by atoms with E-state index in [4.69, 9.17) is 9.47 Å². The Bertz CT molecular complexity index is 979. The molecule has 0 saturated carbocycles. The van der Waals surface area contributed by atoms with Crippen molar-refractivity contribution in [1.29, 1.82) is 0 Å². The molecular weight excluding hydrogens is 396 g/mol. The highest BCUT2D eigenvalue weighted by atomic mass is 16.6. The van der Waals surface area contributed by atoms with Gasteiger partial charge in [0, 0.05) is 11.2 Å². The third kappa shape index (κ3) is 3.65. The summed E-state index contributed by atoms with van der Waals surface area (Å²) in [6.45, 7) is 11.4. The zero-order chi connectivity index (χ0) is 22.7. The van der Waals surface area contributed by atoms with Gasteiger partial charge >= 0.3 is 5.97 Å². The number of aryl methyl sites for hydroxylation is 2. The van der Waals surface area contributed by atoms with Crippen molar-refractivity contribution in [2.75, 3.05) is 11.4 Å². The number of carbonyl (C=O) groups is 3. The van der Waals surface area contributed by atoms with E-state index in [1.807, 2.05) is 65.0 Å². The summed E-state index contributed by atoms with van der Waals surface area (Å²) < 4.78 is 11.6. The molecule has 166 valence electrons. The quantitative estimate of drug-likeness (QED) is 0.591. The Labute approximate surface area is 182 Å². The van der Waals surface area contributed by atoms with Gasteiger partial charge in [0.05, 0.1) is 18.6 Å². The Morgan fingerprint density at radius 2 is 2.00 bits per heavy atom.